The summed E-state index contributed by atoms with van der Waals surface area (Å²) in [5.74, 6) is 0. The molecule has 0 aliphatic rings. The van der Waals surface area contributed by atoms with Gasteiger partial charge in [0.15, 0.2) is 0 Å². The largest absolute Gasteiger partial charge is 0.0702 e. The fourth-order valence-electron chi connectivity index (χ4n) is 3.86. The highest BCUT2D eigenvalue weighted by atomic mass is 14.1. The topological polar surface area (TPSA) is 0 Å². The van der Waals surface area contributed by atoms with Crippen molar-refractivity contribution < 1.29 is 0 Å². The van der Waals surface area contributed by atoms with Gasteiger partial charge in [0.25, 0.3) is 0 Å². The van der Waals surface area contributed by atoms with Crippen LogP contribution in [0.1, 0.15) is 5.56 Å². The van der Waals surface area contributed by atoms with Gasteiger partial charge in [-0.05, 0) is 92.7 Å². The lowest BCUT2D eigenvalue weighted by atomic mass is 9.93. The molecule has 0 N–H and O–H groups in total. The highest BCUT2D eigenvalue weighted by Gasteiger charge is 2.07. The Morgan fingerprint density at radius 1 is 0.556 bits per heavy atom. The van der Waals surface area contributed by atoms with Crippen molar-refractivity contribution >= 4 is 21.5 Å². The second-order valence-electron chi connectivity index (χ2n) is 6.96. The van der Waals surface area contributed by atoms with E-state index in [0.29, 0.717) is 0 Å². The van der Waals surface area contributed by atoms with Gasteiger partial charge in [0, 0.05) is 0 Å². The van der Waals surface area contributed by atoms with Gasteiger partial charge in [-0.1, -0.05) is 66.7 Å². The maximum absolute atomic E-state index is 3.05. The molecule has 0 saturated carbocycles. The normalized spacial score (nSPS) is 10.9. The molecule has 0 nitrogen and oxygen atoms in total. The van der Waals surface area contributed by atoms with Gasteiger partial charge in [0.1, 0.15) is 0 Å². The summed E-state index contributed by atoms with van der Waals surface area (Å²) < 4.78 is 0. The molecule has 0 atom stereocenters. The Kier molecular flexibility index (Phi) is 3.66. The Morgan fingerprint density at radius 3 is 2.19 bits per heavy atom. The van der Waals surface area contributed by atoms with E-state index in [-0.39, 0.29) is 0 Å². The van der Waals surface area contributed by atoms with Crippen LogP contribution in [0.3, 0.4) is 0 Å². The van der Waals surface area contributed by atoms with Gasteiger partial charge in [-0.3, -0.25) is 0 Å². The molecule has 27 heavy (non-hydrogen) atoms. The fraction of sp³-hybridized carbons (Fsp3) is 0.0370. The first-order valence-corrected chi connectivity index (χ1v) is 9.20. The van der Waals surface area contributed by atoms with Crippen LogP contribution in [-0.4, -0.2) is 0 Å². The number of hydrogen-bond acceptors (Lipinski definition) is 0. The minimum Gasteiger partial charge on any atom is -0.0702 e. The summed E-state index contributed by atoms with van der Waals surface area (Å²) in [7, 11) is 0. The smallest absolute Gasteiger partial charge is 0.00365 e. The van der Waals surface area contributed by atoms with E-state index in [4.69, 9.17) is 0 Å². The summed E-state index contributed by atoms with van der Waals surface area (Å²) >= 11 is 0. The zero-order chi connectivity index (χ0) is 18.2. The number of fused-ring (bicyclic) bond motifs is 2. The zero-order valence-electron chi connectivity index (χ0n) is 15.2. The number of benzene rings is 4. The molecule has 5 rings (SSSR count). The molecular weight excluding hydrogens is 324 g/mol. The summed E-state index contributed by atoms with van der Waals surface area (Å²) in [5.41, 5.74) is 6.24. The zero-order valence-corrected chi connectivity index (χ0v) is 15.2. The number of aryl methyl sites for hydroxylation is 1. The van der Waals surface area contributed by atoms with Crippen LogP contribution in [-0.2, 0) is 0 Å². The molecular formula is C27H18. The Hall–Kier alpha value is -3.56. The predicted octanol–water partition coefficient (Wildman–Crippen LogP) is 7.24. The van der Waals surface area contributed by atoms with Gasteiger partial charge in [-0.25, -0.2) is 0 Å². The molecule has 0 saturated heterocycles. The molecule has 5 aromatic carbocycles. The van der Waals surface area contributed by atoms with Crippen LogP contribution in [0.5, 0.6) is 0 Å². The quantitative estimate of drug-likeness (QED) is 0.297. The number of rotatable bonds is 2. The van der Waals surface area contributed by atoms with Crippen molar-refractivity contribution in [1.82, 2.24) is 0 Å². The lowest BCUT2D eigenvalue weighted by Crippen LogP contribution is -1.86. The Morgan fingerprint density at radius 2 is 1.37 bits per heavy atom. The van der Waals surface area contributed by atoms with E-state index in [1.54, 1.807) is 0 Å². The van der Waals surface area contributed by atoms with Crippen LogP contribution in [0.25, 0.3) is 43.8 Å². The molecule has 0 spiro atoms. The van der Waals surface area contributed by atoms with Gasteiger partial charge in [-0.15, -0.1) is 0 Å². The summed E-state index contributed by atoms with van der Waals surface area (Å²) in [6, 6.07) is 38.3. The number of hydrogen-bond donors (Lipinski definition) is 0. The van der Waals surface area contributed by atoms with E-state index in [9.17, 15) is 0 Å². The van der Waals surface area contributed by atoms with E-state index in [2.05, 4.69) is 97.9 Å². The van der Waals surface area contributed by atoms with Gasteiger partial charge in [0.2, 0.25) is 0 Å². The maximum atomic E-state index is 3.05. The molecule has 126 valence electrons. The van der Waals surface area contributed by atoms with Crippen molar-refractivity contribution in [3.63, 3.8) is 0 Å². The van der Waals surface area contributed by atoms with Crippen molar-refractivity contribution in [2.45, 2.75) is 6.92 Å². The standard InChI is InChI=1S/C27H18/c1-19-26-15-14-22(20-8-4-2-5-9-20)16-25(26)17-24-13-12-23(18-27(19)24)21-10-6-3-7-11-21/h3-4,6-18H,1H3. The highest BCUT2D eigenvalue weighted by molar-refractivity contribution is 6.04. The van der Waals surface area contributed by atoms with E-state index in [1.807, 2.05) is 12.1 Å². The van der Waals surface area contributed by atoms with E-state index in [1.165, 1.54) is 49.4 Å². The van der Waals surface area contributed by atoms with Crippen LogP contribution in [0.2, 0.25) is 0 Å². The first-order chi connectivity index (χ1) is 13.3. The van der Waals surface area contributed by atoms with Crippen LogP contribution in [0.15, 0.2) is 91.0 Å². The molecule has 0 amide bonds. The van der Waals surface area contributed by atoms with Crippen molar-refractivity contribution in [2.75, 3.05) is 0 Å². The van der Waals surface area contributed by atoms with Crippen molar-refractivity contribution in [3.05, 3.63) is 109 Å². The molecule has 0 aliphatic heterocycles. The summed E-state index contributed by atoms with van der Waals surface area (Å²) in [6.07, 6.45) is 0. The third-order valence-electron chi connectivity index (χ3n) is 5.32. The van der Waals surface area contributed by atoms with Crippen LogP contribution in [0.4, 0.5) is 0 Å². The van der Waals surface area contributed by atoms with E-state index in [0.717, 1.165) is 0 Å². The highest BCUT2D eigenvalue weighted by Crippen LogP contribution is 2.33. The van der Waals surface area contributed by atoms with Crippen LogP contribution in [0, 0.1) is 19.1 Å². The molecule has 0 aliphatic carbocycles. The first-order valence-electron chi connectivity index (χ1n) is 9.20. The van der Waals surface area contributed by atoms with Crippen LogP contribution >= 0.6 is 0 Å². The third-order valence-corrected chi connectivity index (χ3v) is 5.32. The van der Waals surface area contributed by atoms with Crippen LogP contribution < -0.4 is 0 Å². The second-order valence-corrected chi connectivity index (χ2v) is 6.96. The van der Waals surface area contributed by atoms with Gasteiger partial charge in [-0.2, -0.15) is 0 Å². The predicted molar refractivity (Wildman–Crippen MR) is 115 cm³/mol. The SMILES string of the molecule is Cc1c2ccc(-c3cc#ccc3)cc2cc2ccc(-c3ccccc3)cc12. The third kappa shape index (κ3) is 2.75. The lowest BCUT2D eigenvalue weighted by Gasteiger charge is -2.11. The van der Waals surface area contributed by atoms with Crippen molar-refractivity contribution in [1.29, 1.82) is 0 Å². The molecule has 0 heteroatoms. The summed E-state index contributed by atoms with van der Waals surface area (Å²) in [5, 5.41) is 5.18. The molecule has 0 heterocycles. The van der Waals surface area contributed by atoms with Gasteiger partial charge in [0.05, 0.1) is 0 Å². The summed E-state index contributed by atoms with van der Waals surface area (Å²) in [6.45, 7) is 2.23. The maximum Gasteiger partial charge on any atom is -0.00365 e. The molecule has 0 unspecified atom stereocenters. The average molecular weight is 342 g/mol. The molecule has 0 radical (unpaired) electrons. The molecule has 0 aromatic heterocycles. The van der Waals surface area contributed by atoms with Crippen molar-refractivity contribution in [3.8, 4) is 22.3 Å². The molecule has 0 bridgehead atoms. The minimum atomic E-state index is 1.17. The molecule has 0 fully saturated rings. The van der Waals surface area contributed by atoms with E-state index < -0.39 is 0 Å². The Balaban J connectivity index is 1.70. The Bertz CT molecular complexity index is 1250. The monoisotopic (exact) mass is 342 g/mol. The summed E-state index contributed by atoms with van der Waals surface area (Å²) in [4.78, 5) is 0. The fourth-order valence-corrected chi connectivity index (χ4v) is 3.86. The minimum absolute atomic E-state index is 1.17. The van der Waals surface area contributed by atoms with Gasteiger partial charge < -0.3 is 0 Å². The van der Waals surface area contributed by atoms with Gasteiger partial charge >= 0.3 is 0 Å². The van der Waals surface area contributed by atoms with E-state index >= 15 is 0 Å². The second kappa shape index (κ2) is 6.31. The lowest BCUT2D eigenvalue weighted by molar-refractivity contribution is 1.57. The molecule has 5 aromatic rings. The Labute approximate surface area is 159 Å². The average Bonchev–Trinajstić information content (AvgIpc) is 2.75. The first kappa shape index (κ1) is 15.7. The van der Waals surface area contributed by atoms with Crippen molar-refractivity contribution in [2.24, 2.45) is 0 Å².